The predicted octanol–water partition coefficient (Wildman–Crippen LogP) is 2.16. The van der Waals surface area contributed by atoms with E-state index in [1.165, 1.54) is 0 Å². The van der Waals surface area contributed by atoms with Gasteiger partial charge in [0.1, 0.15) is 0 Å². The van der Waals surface area contributed by atoms with Crippen molar-refractivity contribution in [3.8, 4) is 0 Å². The van der Waals surface area contributed by atoms with Gasteiger partial charge in [-0.2, -0.15) is 5.43 Å². The van der Waals surface area contributed by atoms with Crippen LogP contribution in [0.4, 0.5) is 0 Å². The lowest BCUT2D eigenvalue weighted by Crippen LogP contribution is -2.33. The summed E-state index contributed by atoms with van der Waals surface area (Å²) in [5, 5.41) is 0. The van der Waals surface area contributed by atoms with Crippen LogP contribution in [-0.2, 0) is 7.05 Å². The van der Waals surface area contributed by atoms with Gasteiger partial charge in [0.15, 0.2) is 11.0 Å². The second kappa shape index (κ2) is 4.81. The molecule has 2 aromatic carbocycles. The topological polar surface area (TPSA) is 37.9 Å². The van der Waals surface area contributed by atoms with E-state index in [1.54, 1.807) is 12.1 Å². The Kier molecular flexibility index (Phi) is 2.99. The van der Waals surface area contributed by atoms with E-state index in [0.717, 1.165) is 16.9 Å². The lowest BCUT2D eigenvalue weighted by Gasteiger charge is -2.02. The van der Waals surface area contributed by atoms with Crippen LogP contribution in [0.1, 0.15) is 16.2 Å². The van der Waals surface area contributed by atoms with Crippen LogP contribution in [0.25, 0.3) is 11.0 Å². The summed E-state index contributed by atoms with van der Waals surface area (Å²) in [6, 6.07) is 17.2. The molecule has 4 heteroatoms. The van der Waals surface area contributed by atoms with Crippen LogP contribution in [0.15, 0.2) is 54.6 Å². The van der Waals surface area contributed by atoms with E-state index in [4.69, 9.17) is 0 Å². The molecule has 0 unspecified atom stereocenters. The molecule has 4 nitrogen and oxygen atoms in total. The third-order valence-corrected chi connectivity index (χ3v) is 3.54. The molecule has 1 aromatic heterocycles. The zero-order valence-electron chi connectivity index (χ0n) is 11.5. The van der Waals surface area contributed by atoms with Gasteiger partial charge in [-0.05, 0) is 24.3 Å². The molecular weight excluding hydrogens is 250 g/mol. The SMILES string of the molecule is Cc1n(NC(=O)c2ccccc2)c2ccccc2[n+]1C. The van der Waals surface area contributed by atoms with Gasteiger partial charge in [0, 0.05) is 12.5 Å². The van der Waals surface area contributed by atoms with Crippen molar-refractivity contribution < 1.29 is 9.36 Å². The summed E-state index contributed by atoms with van der Waals surface area (Å²) in [7, 11) is 1.99. The van der Waals surface area contributed by atoms with Gasteiger partial charge < -0.3 is 0 Å². The minimum absolute atomic E-state index is 0.116. The number of hydrogen-bond acceptors (Lipinski definition) is 1. The molecule has 0 saturated carbocycles. The average molecular weight is 266 g/mol. The van der Waals surface area contributed by atoms with Crippen molar-refractivity contribution in [3.05, 3.63) is 66.0 Å². The number of para-hydroxylation sites is 2. The van der Waals surface area contributed by atoms with Crippen LogP contribution in [-0.4, -0.2) is 10.6 Å². The first kappa shape index (κ1) is 12.4. The van der Waals surface area contributed by atoms with E-state index >= 15 is 0 Å². The van der Waals surface area contributed by atoms with Gasteiger partial charge in [0.25, 0.3) is 11.7 Å². The van der Waals surface area contributed by atoms with E-state index in [-0.39, 0.29) is 5.91 Å². The third-order valence-electron chi connectivity index (χ3n) is 3.54. The Labute approximate surface area is 117 Å². The van der Waals surface area contributed by atoms with Crippen molar-refractivity contribution in [3.63, 3.8) is 0 Å². The van der Waals surface area contributed by atoms with E-state index in [9.17, 15) is 4.79 Å². The number of nitrogens with one attached hydrogen (secondary N) is 1. The van der Waals surface area contributed by atoms with Gasteiger partial charge in [-0.3, -0.25) is 4.79 Å². The normalized spacial score (nSPS) is 10.7. The highest BCUT2D eigenvalue weighted by atomic mass is 16.2. The Morgan fingerprint density at radius 2 is 1.70 bits per heavy atom. The summed E-state index contributed by atoms with van der Waals surface area (Å²) in [6.07, 6.45) is 0. The highest BCUT2D eigenvalue weighted by Gasteiger charge is 2.20. The van der Waals surface area contributed by atoms with Gasteiger partial charge in [-0.25, -0.2) is 4.57 Å². The number of benzene rings is 2. The van der Waals surface area contributed by atoms with E-state index in [1.807, 2.05) is 61.1 Å². The maximum atomic E-state index is 12.3. The van der Waals surface area contributed by atoms with Crippen molar-refractivity contribution >= 4 is 16.9 Å². The smallest absolute Gasteiger partial charge is 0.266 e. The molecule has 0 spiro atoms. The van der Waals surface area contributed by atoms with Crippen LogP contribution in [0, 0.1) is 6.92 Å². The standard InChI is InChI=1S/C16H15N3O/c1-12-18(2)14-10-6-7-11-15(14)19(12)17-16(20)13-8-4-3-5-9-13/h3-11H,1-2H3/p+1. The van der Waals surface area contributed by atoms with Crippen molar-refractivity contribution in [1.29, 1.82) is 0 Å². The minimum Gasteiger partial charge on any atom is -0.266 e. The van der Waals surface area contributed by atoms with Crippen LogP contribution >= 0.6 is 0 Å². The Hall–Kier alpha value is -2.62. The third kappa shape index (κ3) is 1.95. The zero-order valence-corrected chi connectivity index (χ0v) is 11.5. The minimum atomic E-state index is -0.116. The first-order valence-corrected chi connectivity index (χ1v) is 6.51. The summed E-state index contributed by atoms with van der Waals surface area (Å²) in [6.45, 7) is 1.98. The predicted molar refractivity (Wildman–Crippen MR) is 78.0 cm³/mol. The number of nitrogens with zero attached hydrogens (tertiary/aromatic N) is 2. The molecule has 0 radical (unpaired) electrons. The molecule has 100 valence electrons. The lowest BCUT2D eigenvalue weighted by atomic mass is 10.2. The number of aryl methyl sites for hydroxylation is 1. The summed E-state index contributed by atoms with van der Waals surface area (Å²) in [5.41, 5.74) is 5.66. The summed E-state index contributed by atoms with van der Waals surface area (Å²) in [4.78, 5) is 12.3. The molecule has 3 rings (SSSR count). The van der Waals surface area contributed by atoms with Crippen LogP contribution in [0.2, 0.25) is 0 Å². The Morgan fingerprint density at radius 3 is 2.45 bits per heavy atom. The molecule has 0 aliphatic heterocycles. The van der Waals surface area contributed by atoms with Gasteiger partial charge in [0.05, 0.1) is 7.05 Å². The Morgan fingerprint density at radius 1 is 1.05 bits per heavy atom. The second-order valence-electron chi connectivity index (χ2n) is 4.74. The molecule has 0 atom stereocenters. The van der Waals surface area contributed by atoms with E-state index in [0.29, 0.717) is 5.56 Å². The maximum Gasteiger partial charge on any atom is 0.286 e. The fraction of sp³-hybridized carbons (Fsp3) is 0.125. The molecule has 0 saturated heterocycles. The molecule has 0 aliphatic rings. The van der Waals surface area contributed by atoms with Gasteiger partial charge in [-0.1, -0.05) is 30.3 Å². The zero-order chi connectivity index (χ0) is 14.1. The largest absolute Gasteiger partial charge is 0.286 e. The number of fused-ring (bicyclic) bond motifs is 1. The number of carbonyl (C=O) groups excluding carboxylic acids is 1. The fourth-order valence-electron chi connectivity index (χ4n) is 2.33. The Bertz CT molecular complexity index is 775. The van der Waals surface area contributed by atoms with E-state index < -0.39 is 0 Å². The summed E-state index contributed by atoms with van der Waals surface area (Å²) < 4.78 is 3.88. The maximum absolute atomic E-state index is 12.3. The first-order valence-electron chi connectivity index (χ1n) is 6.51. The molecular formula is C16H16N3O+. The molecule has 1 amide bonds. The van der Waals surface area contributed by atoms with E-state index in [2.05, 4.69) is 9.99 Å². The Balaban J connectivity index is 2.04. The number of hydrogen-bond donors (Lipinski definition) is 1. The quantitative estimate of drug-likeness (QED) is 0.709. The highest BCUT2D eigenvalue weighted by Crippen LogP contribution is 2.12. The molecule has 1 N–H and O–H groups in total. The van der Waals surface area contributed by atoms with Gasteiger partial charge in [0.2, 0.25) is 0 Å². The molecule has 0 bridgehead atoms. The van der Waals surface area contributed by atoms with Crippen molar-refractivity contribution in [1.82, 2.24) is 4.68 Å². The van der Waals surface area contributed by atoms with Crippen LogP contribution in [0.5, 0.6) is 0 Å². The number of rotatable bonds is 2. The van der Waals surface area contributed by atoms with Gasteiger partial charge in [-0.15, -0.1) is 4.68 Å². The number of carbonyl (C=O) groups is 1. The summed E-state index contributed by atoms with van der Waals surface area (Å²) in [5.74, 6) is 0.852. The molecule has 0 aliphatic carbocycles. The van der Waals surface area contributed by atoms with Gasteiger partial charge >= 0.3 is 0 Å². The number of aromatic nitrogens is 2. The lowest BCUT2D eigenvalue weighted by molar-refractivity contribution is -0.652. The van der Waals surface area contributed by atoms with Crippen LogP contribution < -0.4 is 9.99 Å². The van der Waals surface area contributed by atoms with Crippen molar-refractivity contribution in [2.75, 3.05) is 5.43 Å². The number of amides is 1. The number of imidazole rings is 1. The fourth-order valence-corrected chi connectivity index (χ4v) is 2.33. The first-order chi connectivity index (χ1) is 9.68. The molecule has 3 aromatic rings. The van der Waals surface area contributed by atoms with Crippen molar-refractivity contribution in [2.45, 2.75) is 6.92 Å². The van der Waals surface area contributed by atoms with Crippen LogP contribution in [0.3, 0.4) is 0 Å². The monoisotopic (exact) mass is 266 g/mol. The molecule has 20 heavy (non-hydrogen) atoms. The second-order valence-corrected chi connectivity index (χ2v) is 4.74. The highest BCUT2D eigenvalue weighted by molar-refractivity contribution is 6.00. The summed E-state index contributed by atoms with van der Waals surface area (Å²) >= 11 is 0. The molecule has 1 heterocycles. The van der Waals surface area contributed by atoms with Crippen molar-refractivity contribution in [2.24, 2.45) is 7.05 Å². The average Bonchev–Trinajstić information content (AvgIpc) is 2.74. The molecule has 0 fully saturated rings.